The highest BCUT2D eigenvalue weighted by atomic mass is 35.5. The monoisotopic (exact) mass is 412 g/mol. The number of nitrogens with zero attached hydrogens (tertiary/aromatic N) is 1. The molecule has 29 heavy (non-hydrogen) atoms. The largest absolute Gasteiger partial charge is 0.497 e. The zero-order valence-corrected chi connectivity index (χ0v) is 17.8. The number of methoxy groups -OCH3 is 1. The normalized spacial score (nSPS) is 16.6. The van der Waals surface area contributed by atoms with Crippen molar-refractivity contribution < 1.29 is 14.3 Å². The average molecular weight is 413 g/mol. The predicted octanol–water partition coefficient (Wildman–Crippen LogP) is 5.71. The van der Waals surface area contributed by atoms with Gasteiger partial charge in [-0.25, -0.2) is 4.79 Å². The van der Waals surface area contributed by atoms with Crippen LogP contribution in [0.2, 0.25) is 5.02 Å². The van der Waals surface area contributed by atoms with Crippen molar-refractivity contribution in [3.8, 4) is 5.75 Å². The fourth-order valence-electron chi connectivity index (χ4n) is 3.91. The Morgan fingerprint density at radius 2 is 1.90 bits per heavy atom. The predicted molar refractivity (Wildman–Crippen MR) is 115 cm³/mol. The number of halogens is 1. The SMILES string of the molecule is COc1ccc(C2c3[nH]c4ccc(Cl)cc4c3CCN2C(=O)OC(C)(C)C)cc1. The first-order valence-electron chi connectivity index (χ1n) is 9.70. The molecule has 1 aliphatic heterocycles. The number of ether oxygens (including phenoxy) is 2. The summed E-state index contributed by atoms with van der Waals surface area (Å²) in [4.78, 5) is 18.4. The Morgan fingerprint density at radius 3 is 2.55 bits per heavy atom. The van der Waals surface area contributed by atoms with E-state index in [1.54, 1.807) is 12.0 Å². The Bertz CT molecular complexity index is 1050. The average Bonchev–Trinajstić information content (AvgIpc) is 3.04. The van der Waals surface area contributed by atoms with Gasteiger partial charge in [-0.2, -0.15) is 0 Å². The molecule has 1 atom stereocenters. The summed E-state index contributed by atoms with van der Waals surface area (Å²) in [7, 11) is 1.64. The van der Waals surface area contributed by atoms with Gasteiger partial charge < -0.3 is 14.5 Å². The summed E-state index contributed by atoms with van der Waals surface area (Å²) in [6.45, 7) is 6.22. The molecule has 0 spiro atoms. The number of hydrogen-bond acceptors (Lipinski definition) is 3. The van der Waals surface area contributed by atoms with E-state index in [0.717, 1.165) is 34.3 Å². The lowest BCUT2D eigenvalue weighted by Gasteiger charge is -2.37. The highest BCUT2D eigenvalue weighted by Crippen LogP contribution is 2.40. The summed E-state index contributed by atoms with van der Waals surface area (Å²) >= 11 is 6.24. The van der Waals surface area contributed by atoms with Gasteiger partial charge in [-0.1, -0.05) is 23.7 Å². The summed E-state index contributed by atoms with van der Waals surface area (Å²) in [5.74, 6) is 0.775. The second-order valence-electron chi connectivity index (χ2n) is 8.31. The number of hydrogen-bond donors (Lipinski definition) is 1. The minimum atomic E-state index is -0.560. The third kappa shape index (κ3) is 3.79. The van der Waals surface area contributed by atoms with Gasteiger partial charge in [0.15, 0.2) is 0 Å². The van der Waals surface area contributed by atoms with Crippen molar-refractivity contribution in [2.75, 3.05) is 13.7 Å². The lowest BCUT2D eigenvalue weighted by atomic mass is 9.92. The molecular formula is C23H25ClN2O3. The standard InChI is InChI=1S/C23H25ClN2O3/c1-23(2,3)29-22(27)26-12-11-17-18-13-15(24)7-10-19(18)25-20(17)21(26)14-5-8-16(28-4)9-6-14/h5-10,13,21,25H,11-12H2,1-4H3. The first kappa shape index (κ1) is 19.6. The van der Waals surface area contributed by atoms with E-state index in [2.05, 4.69) is 4.98 Å². The number of nitrogens with one attached hydrogen (secondary N) is 1. The van der Waals surface area contributed by atoms with E-state index < -0.39 is 5.60 Å². The maximum atomic E-state index is 13.0. The number of rotatable bonds is 2. The quantitative estimate of drug-likeness (QED) is 0.586. The highest BCUT2D eigenvalue weighted by molar-refractivity contribution is 6.31. The smallest absolute Gasteiger partial charge is 0.411 e. The Labute approximate surface area is 175 Å². The van der Waals surface area contributed by atoms with Crippen molar-refractivity contribution in [2.45, 2.75) is 38.8 Å². The zero-order valence-electron chi connectivity index (χ0n) is 17.1. The van der Waals surface area contributed by atoms with E-state index in [-0.39, 0.29) is 12.1 Å². The Morgan fingerprint density at radius 1 is 1.17 bits per heavy atom. The number of H-pyrrole nitrogens is 1. The minimum Gasteiger partial charge on any atom is -0.497 e. The first-order chi connectivity index (χ1) is 13.8. The van der Waals surface area contributed by atoms with Crippen LogP contribution in [-0.2, 0) is 11.2 Å². The van der Waals surface area contributed by atoms with Crippen LogP contribution in [0.25, 0.3) is 10.9 Å². The van der Waals surface area contributed by atoms with Crippen molar-refractivity contribution in [3.05, 3.63) is 64.3 Å². The van der Waals surface area contributed by atoms with E-state index in [1.807, 2.05) is 63.2 Å². The Hall–Kier alpha value is -2.66. The lowest BCUT2D eigenvalue weighted by molar-refractivity contribution is 0.0175. The van der Waals surface area contributed by atoms with E-state index in [9.17, 15) is 4.79 Å². The minimum absolute atomic E-state index is 0.273. The molecule has 1 aromatic heterocycles. The number of aromatic amines is 1. The van der Waals surface area contributed by atoms with Gasteiger partial charge in [-0.05, 0) is 68.7 Å². The third-order valence-corrected chi connectivity index (χ3v) is 5.38. The van der Waals surface area contributed by atoms with E-state index in [0.29, 0.717) is 11.6 Å². The second-order valence-corrected chi connectivity index (χ2v) is 8.74. The van der Waals surface area contributed by atoms with Gasteiger partial charge in [0.25, 0.3) is 0 Å². The lowest BCUT2D eigenvalue weighted by Crippen LogP contribution is -2.43. The topological polar surface area (TPSA) is 54.6 Å². The third-order valence-electron chi connectivity index (χ3n) is 5.15. The van der Waals surface area contributed by atoms with E-state index >= 15 is 0 Å². The molecule has 0 saturated heterocycles. The van der Waals surface area contributed by atoms with Gasteiger partial charge >= 0.3 is 6.09 Å². The fraction of sp³-hybridized carbons (Fsp3) is 0.348. The molecule has 2 heterocycles. The number of carbonyl (C=O) groups is 1. The summed E-state index contributed by atoms with van der Waals surface area (Å²) in [6, 6.07) is 13.4. The van der Waals surface area contributed by atoms with Crippen LogP contribution < -0.4 is 4.74 Å². The number of fused-ring (bicyclic) bond motifs is 3. The molecule has 1 N–H and O–H groups in total. The van der Waals surface area contributed by atoms with Crippen LogP contribution in [0.3, 0.4) is 0 Å². The molecule has 5 nitrogen and oxygen atoms in total. The number of amides is 1. The molecule has 0 bridgehead atoms. The van der Waals surface area contributed by atoms with Crippen LogP contribution in [0.4, 0.5) is 4.79 Å². The molecule has 6 heteroatoms. The summed E-state index contributed by atoms with van der Waals surface area (Å²) < 4.78 is 11.0. The summed E-state index contributed by atoms with van der Waals surface area (Å²) in [5.41, 5.74) is 3.65. The molecule has 0 aliphatic carbocycles. The van der Waals surface area contributed by atoms with Gasteiger partial charge in [0.1, 0.15) is 17.4 Å². The number of carbonyl (C=O) groups excluding carboxylic acids is 1. The van der Waals surface area contributed by atoms with Crippen LogP contribution in [0, 0.1) is 0 Å². The number of aromatic nitrogens is 1. The second kappa shape index (κ2) is 7.30. The molecule has 0 saturated carbocycles. The van der Waals surface area contributed by atoms with Crippen LogP contribution in [0.15, 0.2) is 42.5 Å². The van der Waals surface area contributed by atoms with Gasteiger partial charge in [0, 0.05) is 28.2 Å². The molecule has 152 valence electrons. The molecule has 3 aromatic rings. The molecule has 0 fully saturated rings. The molecule has 4 rings (SSSR count). The molecule has 1 unspecified atom stereocenters. The first-order valence-corrected chi connectivity index (χ1v) is 10.1. The Kier molecular flexibility index (Phi) is 4.95. The van der Waals surface area contributed by atoms with E-state index in [1.165, 1.54) is 5.56 Å². The van der Waals surface area contributed by atoms with Crippen LogP contribution >= 0.6 is 11.6 Å². The van der Waals surface area contributed by atoms with Crippen LogP contribution in [-0.4, -0.2) is 35.2 Å². The maximum Gasteiger partial charge on any atom is 0.411 e. The maximum absolute atomic E-state index is 13.0. The summed E-state index contributed by atoms with van der Waals surface area (Å²) in [6.07, 6.45) is 0.419. The zero-order chi connectivity index (χ0) is 20.8. The molecular weight excluding hydrogens is 388 g/mol. The van der Waals surface area contributed by atoms with Crippen molar-refractivity contribution >= 4 is 28.6 Å². The van der Waals surface area contributed by atoms with Crippen LogP contribution in [0.1, 0.15) is 43.6 Å². The fourth-order valence-corrected chi connectivity index (χ4v) is 4.08. The van der Waals surface area contributed by atoms with Gasteiger partial charge in [0.2, 0.25) is 0 Å². The molecule has 0 radical (unpaired) electrons. The Balaban J connectivity index is 1.83. The van der Waals surface area contributed by atoms with Crippen molar-refractivity contribution in [1.82, 2.24) is 9.88 Å². The summed E-state index contributed by atoms with van der Waals surface area (Å²) in [5, 5.41) is 1.81. The molecule has 2 aromatic carbocycles. The van der Waals surface area contributed by atoms with Gasteiger partial charge in [-0.3, -0.25) is 4.90 Å². The highest BCUT2D eigenvalue weighted by Gasteiger charge is 2.36. The van der Waals surface area contributed by atoms with Crippen LogP contribution in [0.5, 0.6) is 5.75 Å². The van der Waals surface area contributed by atoms with Crippen molar-refractivity contribution in [1.29, 1.82) is 0 Å². The van der Waals surface area contributed by atoms with Crippen molar-refractivity contribution in [2.24, 2.45) is 0 Å². The number of benzene rings is 2. The van der Waals surface area contributed by atoms with Gasteiger partial charge in [-0.15, -0.1) is 0 Å². The van der Waals surface area contributed by atoms with Crippen molar-refractivity contribution in [3.63, 3.8) is 0 Å². The van der Waals surface area contributed by atoms with E-state index in [4.69, 9.17) is 21.1 Å². The van der Waals surface area contributed by atoms with Gasteiger partial charge in [0.05, 0.1) is 7.11 Å². The molecule has 1 aliphatic rings. The molecule has 1 amide bonds.